The molecule has 4 heteroatoms. The fourth-order valence-corrected chi connectivity index (χ4v) is 2.77. The van der Waals surface area contributed by atoms with E-state index in [1.807, 2.05) is 37.3 Å². The fraction of sp³-hybridized carbons (Fsp3) is 0.562. The van der Waals surface area contributed by atoms with Crippen LogP contribution in [0, 0.1) is 0 Å². The molecular formula is C16H24N2O2. The highest BCUT2D eigenvalue weighted by Gasteiger charge is 2.23. The third-order valence-corrected chi connectivity index (χ3v) is 3.98. The molecule has 1 heterocycles. The smallest absolute Gasteiger partial charge is 0.234 e. The van der Waals surface area contributed by atoms with E-state index in [4.69, 9.17) is 0 Å². The molecule has 1 aromatic rings. The van der Waals surface area contributed by atoms with Crippen molar-refractivity contribution in [3.8, 4) is 0 Å². The van der Waals surface area contributed by atoms with Gasteiger partial charge in [-0.1, -0.05) is 36.8 Å². The minimum absolute atomic E-state index is 0.0149. The number of piperidine rings is 1. The molecule has 2 atom stereocenters. The Hall–Kier alpha value is -1.39. The van der Waals surface area contributed by atoms with Gasteiger partial charge in [0, 0.05) is 6.04 Å². The maximum atomic E-state index is 12.1. The first kappa shape index (κ1) is 15.0. The molecule has 1 saturated heterocycles. The van der Waals surface area contributed by atoms with Gasteiger partial charge >= 0.3 is 0 Å². The molecule has 1 fully saturated rings. The van der Waals surface area contributed by atoms with Gasteiger partial charge in [0.15, 0.2) is 0 Å². The first-order valence-corrected chi connectivity index (χ1v) is 7.40. The van der Waals surface area contributed by atoms with Crippen LogP contribution in [0.4, 0.5) is 0 Å². The maximum absolute atomic E-state index is 12.1. The molecule has 1 aromatic carbocycles. The van der Waals surface area contributed by atoms with Gasteiger partial charge in [-0.25, -0.2) is 0 Å². The summed E-state index contributed by atoms with van der Waals surface area (Å²) in [7, 11) is 0. The van der Waals surface area contributed by atoms with E-state index >= 15 is 0 Å². The number of nitrogens with one attached hydrogen (secondary N) is 1. The van der Waals surface area contributed by atoms with Crippen LogP contribution in [0.3, 0.4) is 0 Å². The Kier molecular flexibility index (Phi) is 5.56. The van der Waals surface area contributed by atoms with Gasteiger partial charge in [-0.05, 0) is 31.9 Å². The van der Waals surface area contributed by atoms with Crippen LogP contribution >= 0.6 is 0 Å². The van der Waals surface area contributed by atoms with Crippen LogP contribution in [0.15, 0.2) is 30.3 Å². The molecule has 0 saturated carbocycles. The lowest BCUT2D eigenvalue weighted by molar-refractivity contribution is -0.124. The summed E-state index contributed by atoms with van der Waals surface area (Å²) in [5.41, 5.74) is 1.11. The van der Waals surface area contributed by atoms with Gasteiger partial charge < -0.3 is 10.4 Å². The van der Waals surface area contributed by atoms with Gasteiger partial charge in [0.05, 0.1) is 19.2 Å². The third kappa shape index (κ3) is 4.05. The van der Waals surface area contributed by atoms with Crippen molar-refractivity contribution in [1.29, 1.82) is 0 Å². The van der Waals surface area contributed by atoms with Crippen molar-refractivity contribution in [3.63, 3.8) is 0 Å². The van der Waals surface area contributed by atoms with Gasteiger partial charge in [-0.2, -0.15) is 0 Å². The van der Waals surface area contributed by atoms with E-state index in [9.17, 15) is 9.90 Å². The van der Waals surface area contributed by atoms with Crippen LogP contribution in [0.1, 0.15) is 37.8 Å². The summed E-state index contributed by atoms with van der Waals surface area (Å²) < 4.78 is 0. The molecular weight excluding hydrogens is 252 g/mol. The average molecular weight is 276 g/mol. The Morgan fingerprint density at radius 1 is 1.40 bits per heavy atom. The number of carbonyl (C=O) groups is 1. The van der Waals surface area contributed by atoms with Crippen LogP contribution in [-0.2, 0) is 4.79 Å². The predicted molar refractivity (Wildman–Crippen MR) is 79.3 cm³/mol. The van der Waals surface area contributed by atoms with Crippen molar-refractivity contribution in [2.75, 3.05) is 19.7 Å². The standard InChI is InChI=1S/C16H24N2O2/c1-13(14-7-3-2-4-8-14)17-16(20)11-18-10-6-5-9-15(18)12-19/h2-4,7-8,13,15,19H,5-6,9-12H2,1H3,(H,17,20). The highest BCUT2D eigenvalue weighted by atomic mass is 16.3. The van der Waals surface area contributed by atoms with Gasteiger partial charge in [-0.3, -0.25) is 9.69 Å². The Morgan fingerprint density at radius 3 is 2.85 bits per heavy atom. The second-order valence-corrected chi connectivity index (χ2v) is 5.50. The Labute approximate surface area is 120 Å². The molecule has 20 heavy (non-hydrogen) atoms. The minimum atomic E-state index is 0.0149. The molecule has 2 unspecified atom stereocenters. The zero-order valence-electron chi connectivity index (χ0n) is 12.1. The van der Waals surface area contributed by atoms with Gasteiger partial charge in [-0.15, -0.1) is 0 Å². The van der Waals surface area contributed by atoms with Crippen molar-refractivity contribution in [2.24, 2.45) is 0 Å². The van der Waals surface area contributed by atoms with Crippen LogP contribution in [0.25, 0.3) is 0 Å². The summed E-state index contributed by atoms with van der Waals surface area (Å²) in [6.45, 7) is 3.41. The molecule has 2 N–H and O–H groups in total. The molecule has 1 aliphatic heterocycles. The normalized spacial score (nSPS) is 21.4. The van der Waals surface area contributed by atoms with Gasteiger partial charge in [0.2, 0.25) is 5.91 Å². The van der Waals surface area contributed by atoms with E-state index in [0.717, 1.165) is 31.4 Å². The second kappa shape index (κ2) is 7.41. The summed E-state index contributed by atoms with van der Waals surface area (Å²) >= 11 is 0. The molecule has 0 radical (unpaired) electrons. The third-order valence-electron chi connectivity index (χ3n) is 3.98. The topological polar surface area (TPSA) is 52.6 Å². The zero-order valence-corrected chi connectivity index (χ0v) is 12.1. The quantitative estimate of drug-likeness (QED) is 0.861. The van der Waals surface area contributed by atoms with E-state index < -0.39 is 0 Å². The summed E-state index contributed by atoms with van der Waals surface area (Å²) in [6.07, 6.45) is 3.24. The first-order chi connectivity index (χ1) is 9.70. The Balaban J connectivity index is 1.85. The number of carbonyl (C=O) groups excluding carboxylic acids is 1. The number of likely N-dealkylation sites (tertiary alicyclic amines) is 1. The SMILES string of the molecule is CC(NC(=O)CN1CCCCC1CO)c1ccccc1. The lowest BCUT2D eigenvalue weighted by Gasteiger charge is -2.34. The van der Waals surface area contributed by atoms with Crippen molar-refractivity contribution in [2.45, 2.75) is 38.3 Å². The molecule has 0 spiro atoms. The van der Waals surface area contributed by atoms with E-state index in [2.05, 4.69) is 10.2 Å². The van der Waals surface area contributed by atoms with E-state index in [1.165, 1.54) is 0 Å². The predicted octanol–water partition coefficient (Wildman–Crippen LogP) is 1.71. The minimum Gasteiger partial charge on any atom is -0.395 e. The van der Waals surface area contributed by atoms with Gasteiger partial charge in [0.1, 0.15) is 0 Å². The van der Waals surface area contributed by atoms with Crippen LogP contribution in [-0.4, -0.2) is 41.7 Å². The van der Waals surface area contributed by atoms with Crippen LogP contribution in [0.5, 0.6) is 0 Å². The number of benzene rings is 1. The molecule has 0 aliphatic carbocycles. The number of amides is 1. The first-order valence-electron chi connectivity index (χ1n) is 7.40. The summed E-state index contributed by atoms with van der Waals surface area (Å²) in [5, 5.41) is 12.4. The molecule has 1 aliphatic rings. The molecule has 0 bridgehead atoms. The zero-order chi connectivity index (χ0) is 14.4. The van der Waals surface area contributed by atoms with Crippen molar-refractivity contribution < 1.29 is 9.90 Å². The molecule has 0 aromatic heterocycles. The fourth-order valence-electron chi connectivity index (χ4n) is 2.77. The second-order valence-electron chi connectivity index (χ2n) is 5.50. The van der Waals surface area contributed by atoms with Crippen molar-refractivity contribution in [3.05, 3.63) is 35.9 Å². The number of aliphatic hydroxyl groups excluding tert-OH is 1. The number of nitrogens with zero attached hydrogens (tertiary/aromatic N) is 1. The van der Waals surface area contributed by atoms with Crippen molar-refractivity contribution in [1.82, 2.24) is 10.2 Å². The average Bonchev–Trinajstić information content (AvgIpc) is 2.48. The monoisotopic (exact) mass is 276 g/mol. The number of hydrogen-bond donors (Lipinski definition) is 2. The number of rotatable bonds is 5. The van der Waals surface area contributed by atoms with Crippen LogP contribution < -0.4 is 5.32 Å². The highest BCUT2D eigenvalue weighted by molar-refractivity contribution is 5.78. The highest BCUT2D eigenvalue weighted by Crippen LogP contribution is 2.16. The van der Waals surface area contributed by atoms with Crippen molar-refractivity contribution >= 4 is 5.91 Å². The maximum Gasteiger partial charge on any atom is 0.234 e. The molecule has 4 nitrogen and oxygen atoms in total. The largest absolute Gasteiger partial charge is 0.395 e. The lowest BCUT2D eigenvalue weighted by Crippen LogP contribution is -2.47. The van der Waals surface area contributed by atoms with E-state index in [0.29, 0.717) is 6.54 Å². The summed E-state index contributed by atoms with van der Waals surface area (Å²) in [4.78, 5) is 14.2. The Morgan fingerprint density at radius 2 is 2.15 bits per heavy atom. The molecule has 110 valence electrons. The summed E-state index contributed by atoms with van der Waals surface area (Å²) in [5.74, 6) is 0.0294. The van der Waals surface area contributed by atoms with E-state index in [1.54, 1.807) is 0 Å². The van der Waals surface area contributed by atoms with Crippen LogP contribution in [0.2, 0.25) is 0 Å². The number of hydrogen-bond acceptors (Lipinski definition) is 3. The number of aliphatic hydroxyl groups is 1. The van der Waals surface area contributed by atoms with E-state index in [-0.39, 0.29) is 24.6 Å². The molecule has 1 amide bonds. The lowest BCUT2D eigenvalue weighted by atomic mass is 10.0. The van der Waals surface area contributed by atoms with Gasteiger partial charge in [0.25, 0.3) is 0 Å². The summed E-state index contributed by atoms with van der Waals surface area (Å²) in [6, 6.07) is 10.1. The Bertz CT molecular complexity index is 422. The molecule has 2 rings (SSSR count).